The average molecular weight is 310 g/mol. The molecule has 0 aliphatic rings. The molecule has 21 heavy (non-hydrogen) atoms. The first kappa shape index (κ1) is 15.5. The van der Waals surface area contributed by atoms with E-state index in [0.29, 0.717) is 23.1 Å². The Balaban J connectivity index is 2.17. The number of nitrogens with one attached hydrogen (secondary N) is 1. The molecule has 0 radical (unpaired) electrons. The summed E-state index contributed by atoms with van der Waals surface area (Å²) in [6.07, 6.45) is 0. The van der Waals surface area contributed by atoms with Crippen LogP contribution < -0.4 is 14.8 Å². The van der Waals surface area contributed by atoms with E-state index in [-0.39, 0.29) is 0 Å². The Bertz CT molecular complexity index is 626. The highest BCUT2D eigenvalue weighted by Crippen LogP contribution is 2.30. The molecule has 0 saturated heterocycles. The van der Waals surface area contributed by atoms with E-state index in [1.807, 2.05) is 36.7 Å². The fraction of sp³-hybridized carbons (Fsp3) is 0.400. The molecule has 2 aromatic rings. The molecule has 0 amide bonds. The van der Waals surface area contributed by atoms with E-state index in [9.17, 15) is 0 Å². The summed E-state index contributed by atoms with van der Waals surface area (Å²) in [5.41, 5.74) is 2.76. The number of aryl methyl sites for hydroxylation is 2. The third-order valence-electron chi connectivity index (χ3n) is 3.30. The van der Waals surface area contributed by atoms with Gasteiger partial charge in [0.25, 0.3) is 0 Å². The Morgan fingerprint density at radius 3 is 2.57 bits per heavy atom. The molecule has 0 aliphatic heterocycles. The van der Waals surface area contributed by atoms with E-state index in [0.717, 1.165) is 23.6 Å². The molecule has 1 aromatic carbocycles. The predicted molar refractivity (Wildman–Crippen MR) is 84.5 cm³/mol. The van der Waals surface area contributed by atoms with Crippen LogP contribution in [-0.2, 0) is 13.1 Å². The van der Waals surface area contributed by atoms with Crippen LogP contribution in [0.1, 0.15) is 18.3 Å². The number of halogens is 1. The van der Waals surface area contributed by atoms with Gasteiger partial charge in [-0.1, -0.05) is 11.6 Å². The molecule has 0 spiro atoms. The molecule has 0 saturated carbocycles. The largest absolute Gasteiger partial charge is 0.493 e. The van der Waals surface area contributed by atoms with Gasteiger partial charge in [-0.25, -0.2) is 0 Å². The number of methoxy groups -OCH3 is 2. The number of aromatic nitrogens is 2. The smallest absolute Gasteiger partial charge is 0.162 e. The van der Waals surface area contributed by atoms with Gasteiger partial charge in [-0.3, -0.25) is 4.68 Å². The van der Waals surface area contributed by atoms with Crippen LogP contribution in [0, 0.1) is 6.92 Å². The summed E-state index contributed by atoms with van der Waals surface area (Å²) in [4.78, 5) is 0. The molecule has 0 bridgehead atoms. The molecule has 5 nitrogen and oxygen atoms in total. The van der Waals surface area contributed by atoms with Crippen LogP contribution in [0.3, 0.4) is 0 Å². The van der Waals surface area contributed by atoms with Crippen molar-refractivity contribution in [3.63, 3.8) is 0 Å². The lowest BCUT2D eigenvalue weighted by Crippen LogP contribution is -2.08. The van der Waals surface area contributed by atoms with Crippen molar-refractivity contribution in [3.05, 3.63) is 34.6 Å². The van der Waals surface area contributed by atoms with Crippen molar-refractivity contribution in [3.8, 4) is 11.5 Å². The molecule has 0 atom stereocenters. The van der Waals surface area contributed by atoms with Crippen molar-refractivity contribution in [1.82, 2.24) is 9.78 Å². The second-order valence-corrected chi connectivity index (χ2v) is 4.96. The van der Waals surface area contributed by atoms with E-state index >= 15 is 0 Å². The van der Waals surface area contributed by atoms with Crippen LogP contribution in [-0.4, -0.2) is 24.0 Å². The van der Waals surface area contributed by atoms with E-state index < -0.39 is 0 Å². The number of rotatable bonds is 6. The Morgan fingerprint density at radius 1 is 1.24 bits per heavy atom. The Kier molecular flexibility index (Phi) is 4.96. The fourth-order valence-corrected chi connectivity index (χ4v) is 2.37. The molecule has 114 valence electrons. The standard InChI is InChI=1S/C15H20ClN3O2/c1-5-19-12(15(16)10(2)18-19)9-17-11-6-7-13(20-3)14(8-11)21-4/h6-8,17H,5,9H2,1-4H3. The van der Waals surface area contributed by atoms with E-state index in [4.69, 9.17) is 21.1 Å². The molecule has 0 unspecified atom stereocenters. The average Bonchev–Trinajstić information content (AvgIpc) is 2.79. The quantitative estimate of drug-likeness (QED) is 0.887. The highest BCUT2D eigenvalue weighted by atomic mass is 35.5. The number of nitrogens with zero attached hydrogens (tertiary/aromatic N) is 2. The van der Waals surface area contributed by atoms with Gasteiger partial charge >= 0.3 is 0 Å². The van der Waals surface area contributed by atoms with Crippen molar-refractivity contribution in [2.24, 2.45) is 0 Å². The number of hydrogen-bond donors (Lipinski definition) is 1. The lowest BCUT2D eigenvalue weighted by molar-refractivity contribution is 0.355. The SMILES string of the molecule is CCn1nc(C)c(Cl)c1CNc1ccc(OC)c(OC)c1. The Labute approximate surface area is 129 Å². The minimum atomic E-state index is 0.600. The van der Waals surface area contributed by atoms with Crippen LogP contribution >= 0.6 is 11.6 Å². The highest BCUT2D eigenvalue weighted by molar-refractivity contribution is 6.31. The van der Waals surface area contributed by atoms with Crippen LogP contribution in [0.5, 0.6) is 11.5 Å². The molecular formula is C15H20ClN3O2. The van der Waals surface area contributed by atoms with Crippen molar-refractivity contribution in [2.75, 3.05) is 19.5 Å². The molecular weight excluding hydrogens is 290 g/mol. The second kappa shape index (κ2) is 6.72. The second-order valence-electron chi connectivity index (χ2n) is 4.59. The van der Waals surface area contributed by atoms with Crippen molar-refractivity contribution >= 4 is 17.3 Å². The van der Waals surface area contributed by atoms with Crippen molar-refractivity contribution in [1.29, 1.82) is 0 Å². The third-order valence-corrected chi connectivity index (χ3v) is 3.79. The Morgan fingerprint density at radius 2 is 1.95 bits per heavy atom. The first-order valence-corrected chi connectivity index (χ1v) is 7.16. The van der Waals surface area contributed by atoms with Gasteiger partial charge in [-0.05, 0) is 26.0 Å². The maximum absolute atomic E-state index is 6.30. The van der Waals surface area contributed by atoms with Gasteiger partial charge in [0.1, 0.15) is 0 Å². The van der Waals surface area contributed by atoms with Crippen molar-refractivity contribution in [2.45, 2.75) is 26.9 Å². The zero-order chi connectivity index (χ0) is 15.4. The summed E-state index contributed by atoms with van der Waals surface area (Å²) in [5.74, 6) is 1.39. The van der Waals surface area contributed by atoms with E-state index in [1.54, 1.807) is 14.2 Å². The molecule has 1 aromatic heterocycles. The van der Waals surface area contributed by atoms with Crippen LogP contribution in [0.2, 0.25) is 5.02 Å². The van der Waals surface area contributed by atoms with Gasteiger partial charge in [-0.2, -0.15) is 5.10 Å². The topological polar surface area (TPSA) is 48.3 Å². The summed E-state index contributed by atoms with van der Waals surface area (Å²) >= 11 is 6.30. The molecule has 2 rings (SSSR count). The first-order chi connectivity index (χ1) is 10.1. The molecule has 0 fully saturated rings. The van der Waals surface area contributed by atoms with Crippen LogP contribution in [0.25, 0.3) is 0 Å². The lowest BCUT2D eigenvalue weighted by atomic mass is 10.2. The zero-order valence-corrected chi connectivity index (χ0v) is 13.5. The van der Waals surface area contributed by atoms with Gasteiger partial charge in [0.15, 0.2) is 11.5 Å². The zero-order valence-electron chi connectivity index (χ0n) is 12.7. The number of ether oxygens (including phenoxy) is 2. The van der Waals surface area contributed by atoms with Crippen molar-refractivity contribution < 1.29 is 9.47 Å². The molecule has 1 heterocycles. The maximum Gasteiger partial charge on any atom is 0.162 e. The van der Waals surface area contributed by atoms with Gasteiger partial charge in [0, 0.05) is 18.3 Å². The number of hydrogen-bond acceptors (Lipinski definition) is 4. The van der Waals surface area contributed by atoms with Gasteiger partial charge in [-0.15, -0.1) is 0 Å². The first-order valence-electron chi connectivity index (χ1n) is 6.78. The third kappa shape index (κ3) is 3.24. The predicted octanol–water partition coefficient (Wildman–Crippen LogP) is 3.49. The van der Waals surface area contributed by atoms with Gasteiger partial charge in [0.05, 0.1) is 37.2 Å². The minimum Gasteiger partial charge on any atom is -0.493 e. The normalized spacial score (nSPS) is 10.5. The van der Waals surface area contributed by atoms with Gasteiger partial charge < -0.3 is 14.8 Å². The van der Waals surface area contributed by atoms with Crippen LogP contribution in [0.15, 0.2) is 18.2 Å². The van der Waals surface area contributed by atoms with Gasteiger partial charge in [0.2, 0.25) is 0 Å². The molecule has 6 heteroatoms. The summed E-state index contributed by atoms with van der Waals surface area (Å²) in [6, 6.07) is 5.70. The summed E-state index contributed by atoms with van der Waals surface area (Å²) in [5, 5.41) is 8.45. The maximum atomic E-state index is 6.30. The fourth-order valence-electron chi connectivity index (χ4n) is 2.17. The van der Waals surface area contributed by atoms with E-state index in [1.165, 1.54) is 0 Å². The summed E-state index contributed by atoms with van der Waals surface area (Å²) in [6.45, 7) is 5.34. The molecule has 1 N–H and O–H groups in total. The number of benzene rings is 1. The molecule has 0 aliphatic carbocycles. The monoisotopic (exact) mass is 309 g/mol. The van der Waals surface area contributed by atoms with E-state index in [2.05, 4.69) is 10.4 Å². The summed E-state index contributed by atoms with van der Waals surface area (Å²) in [7, 11) is 3.24. The lowest BCUT2D eigenvalue weighted by Gasteiger charge is -2.12. The number of anilines is 1. The summed E-state index contributed by atoms with van der Waals surface area (Å²) < 4.78 is 12.4. The highest BCUT2D eigenvalue weighted by Gasteiger charge is 2.12. The van der Waals surface area contributed by atoms with Crippen LogP contribution in [0.4, 0.5) is 5.69 Å². The Hall–Kier alpha value is -1.88. The minimum absolute atomic E-state index is 0.600.